The van der Waals surface area contributed by atoms with E-state index in [0.717, 1.165) is 11.0 Å². The van der Waals surface area contributed by atoms with Crippen molar-refractivity contribution >= 4 is 0 Å². The summed E-state index contributed by atoms with van der Waals surface area (Å²) in [7, 11) is 0. The van der Waals surface area contributed by atoms with Gasteiger partial charge >= 0.3 is 5.69 Å². The van der Waals surface area contributed by atoms with E-state index in [1.165, 1.54) is 0 Å². The highest BCUT2D eigenvalue weighted by Crippen LogP contribution is 2.01. The number of aromatic nitrogens is 3. The minimum Gasteiger partial charge on any atom is -0.244 e. The molecule has 0 amide bonds. The molecule has 4 heteroatoms. The molecule has 0 spiro atoms. The smallest absolute Gasteiger partial charge is 0.244 e. The van der Waals surface area contributed by atoms with Gasteiger partial charge in [-0.3, -0.25) is 0 Å². The first-order valence-corrected chi connectivity index (χ1v) is 3.14. The van der Waals surface area contributed by atoms with Crippen LogP contribution in [0.4, 0.5) is 0 Å². The van der Waals surface area contributed by atoms with Crippen molar-refractivity contribution in [1.29, 1.82) is 0 Å². The molecule has 1 N–H and O–H groups in total. The number of nitrogens with zero attached hydrogens (tertiary/aromatic N) is 2. The Hall–Kier alpha value is -1.84. The van der Waals surface area contributed by atoms with Crippen LogP contribution in [0.25, 0.3) is 5.69 Å². The monoisotopic (exact) mass is 166 g/mol. The van der Waals surface area contributed by atoms with Crippen LogP contribution < -0.4 is 5.69 Å². The van der Waals surface area contributed by atoms with Crippen LogP contribution in [0.15, 0.2) is 41.3 Å². The Balaban J connectivity index is 2.83. The molecule has 0 saturated heterocycles. The summed E-state index contributed by atoms with van der Waals surface area (Å²) in [6.45, 7) is 0. The van der Waals surface area contributed by atoms with Crippen molar-refractivity contribution in [1.82, 2.24) is 14.8 Å². The summed E-state index contributed by atoms with van der Waals surface area (Å²) >= 11 is 0. The predicted molar refractivity (Wildman–Crippen MR) is 44.2 cm³/mol. The molecule has 0 unspecified atom stereocenters. The summed E-state index contributed by atoms with van der Waals surface area (Å²) in [4.78, 5) is 14.3. The fraction of sp³-hybridized carbons (Fsp3) is 0. The molecule has 2 rings (SSSR count). The third-order valence-corrected chi connectivity index (χ3v) is 1.23. The molecule has 0 saturated carbocycles. The summed E-state index contributed by atoms with van der Waals surface area (Å²) in [5.41, 5.74) is -0.789. The maximum atomic E-state index is 10.9. The number of hydrogen-bond donors (Lipinski definition) is 1. The fourth-order valence-corrected chi connectivity index (χ4v) is 0.748. The second-order valence-electron chi connectivity index (χ2n) is 2.01. The van der Waals surface area contributed by atoms with E-state index in [0.29, 0.717) is 0 Å². The third-order valence-electron chi connectivity index (χ3n) is 1.23. The zero-order valence-corrected chi connectivity index (χ0v) is 5.88. The van der Waals surface area contributed by atoms with Crippen molar-refractivity contribution in [3.8, 4) is 5.69 Å². The molecular weight excluding hydrogens is 154 g/mol. The molecular formula is C8H7N3O. The zero-order chi connectivity index (χ0) is 12.7. The Kier molecular flexibility index (Phi) is 0.722. The van der Waals surface area contributed by atoms with Crippen LogP contribution in [-0.2, 0) is 0 Å². The average molecular weight is 166 g/mol. The van der Waals surface area contributed by atoms with Gasteiger partial charge in [0.15, 0.2) is 0 Å². The zero-order valence-electron chi connectivity index (χ0n) is 10.9. The van der Waals surface area contributed by atoms with Crippen molar-refractivity contribution in [3.63, 3.8) is 0 Å². The van der Waals surface area contributed by atoms with Crippen LogP contribution in [0, 0.1) is 0 Å². The summed E-state index contributed by atoms with van der Waals surface area (Å²) in [6, 6.07) is -2.20. The lowest BCUT2D eigenvalue weighted by molar-refractivity contribution is 0.864. The third kappa shape index (κ3) is 1.14. The molecule has 0 aliphatic rings. The maximum Gasteiger partial charge on any atom is 0.361 e. The van der Waals surface area contributed by atoms with Gasteiger partial charge in [-0.1, -0.05) is 18.1 Å². The highest BCUT2D eigenvalue weighted by molar-refractivity contribution is 5.28. The summed E-state index contributed by atoms with van der Waals surface area (Å²) in [6.07, 6.45) is 1.07. The topological polar surface area (TPSA) is 50.7 Å². The van der Waals surface area contributed by atoms with Crippen LogP contribution in [0.2, 0.25) is 0 Å². The van der Waals surface area contributed by atoms with Gasteiger partial charge in [0.05, 0.1) is 12.5 Å². The van der Waals surface area contributed by atoms with Gasteiger partial charge in [0.2, 0.25) is 0 Å². The molecule has 0 radical (unpaired) electrons. The number of nitrogens with one attached hydrogen (secondary N) is 1. The Morgan fingerprint density at radius 1 is 1.42 bits per heavy atom. The van der Waals surface area contributed by atoms with Crippen LogP contribution in [0.3, 0.4) is 0 Å². The predicted octanol–water partition coefficient (Wildman–Crippen LogP) is 0.561. The number of para-hydroxylation sites is 1. The summed E-state index contributed by atoms with van der Waals surface area (Å²) < 4.78 is 38.6. The van der Waals surface area contributed by atoms with E-state index in [-0.39, 0.29) is 5.69 Å². The largest absolute Gasteiger partial charge is 0.361 e. The molecule has 60 valence electrons. The molecule has 1 heterocycles. The normalized spacial score (nSPS) is 15.8. The van der Waals surface area contributed by atoms with Gasteiger partial charge in [0.25, 0.3) is 0 Å². The fourth-order valence-electron chi connectivity index (χ4n) is 0.748. The molecule has 4 nitrogen and oxygen atoms in total. The first kappa shape index (κ1) is 3.26. The molecule has 12 heavy (non-hydrogen) atoms. The van der Waals surface area contributed by atoms with Crippen molar-refractivity contribution in [2.24, 2.45) is 0 Å². The van der Waals surface area contributed by atoms with Crippen LogP contribution in [-0.4, -0.2) is 14.8 Å². The van der Waals surface area contributed by atoms with Crippen molar-refractivity contribution in [3.05, 3.63) is 47.0 Å². The lowest BCUT2D eigenvalue weighted by Crippen LogP contribution is -2.04. The molecule has 0 bridgehead atoms. The second-order valence-corrected chi connectivity index (χ2v) is 2.01. The quantitative estimate of drug-likeness (QED) is 0.673. The Morgan fingerprint density at radius 2 is 2.17 bits per heavy atom. The molecule has 0 aliphatic carbocycles. The van der Waals surface area contributed by atoms with E-state index in [1.807, 2.05) is 0 Å². The van der Waals surface area contributed by atoms with E-state index >= 15 is 0 Å². The Bertz CT molecular complexity index is 618. The van der Waals surface area contributed by atoms with Crippen LogP contribution in [0.5, 0.6) is 0 Å². The first-order chi connectivity index (χ1) is 7.93. The standard InChI is InChI=1S/C8H7N3O/c12-8-9-6-11(10-8)7-4-2-1-3-5-7/h1-6H,(H,10,12)/i1D,2D,3D,4D,5D. The summed E-state index contributed by atoms with van der Waals surface area (Å²) in [5, 5.41) is 2.23. The van der Waals surface area contributed by atoms with Gasteiger partial charge in [-0.15, -0.1) is 0 Å². The van der Waals surface area contributed by atoms with Gasteiger partial charge in [0, 0.05) is 0 Å². The number of hydrogen-bond acceptors (Lipinski definition) is 2. The molecule has 2 aromatic rings. The van der Waals surface area contributed by atoms with Gasteiger partial charge in [-0.05, 0) is 12.1 Å². The van der Waals surface area contributed by atoms with E-state index in [2.05, 4.69) is 10.1 Å². The average Bonchev–Trinajstić information content (AvgIpc) is 2.71. The van der Waals surface area contributed by atoms with Gasteiger partial charge < -0.3 is 0 Å². The van der Waals surface area contributed by atoms with E-state index in [1.54, 1.807) is 0 Å². The van der Waals surface area contributed by atoms with Crippen LogP contribution >= 0.6 is 0 Å². The van der Waals surface area contributed by atoms with E-state index in [4.69, 9.17) is 6.85 Å². The van der Waals surface area contributed by atoms with Gasteiger partial charge in [0.1, 0.15) is 6.33 Å². The maximum absolute atomic E-state index is 10.9. The number of aromatic amines is 1. The Labute approximate surface area is 75.5 Å². The van der Waals surface area contributed by atoms with Gasteiger partial charge in [-0.2, -0.15) is 4.98 Å². The summed E-state index contributed by atoms with van der Waals surface area (Å²) in [5.74, 6) is 0. The molecule has 1 aromatic heterocycles. The van der Waals surface area contributed by atoms with Crippen molar-refractivity contribution < 1.29 is 6.85 Å². The SMILES string of the molecule is [2H]c1c([2H])c([2H])c(-n2cnc(=O)[nH]2)c([2H])c1[2H]. The number of H-pyrrole nitrogens is 1. The molecule has 0 aliphatic heterocycles. The molecule has 1 aromatic carbocycles. The number of rotatable bonds is 1. The highest BCUT2D eigenvalue weighted by atomic mass is 16.1. The molecule has 0 atom stereocenters. The van der Waals surface area contributed by atoms with E-state index in [9.17, 15) is 4.79 Å². The second kappa shape index (κ2) is 2.65. The van der Waals surface area contributed by atoms with E-state index < -0.39 is 35.9 Å². The minimum absolute atomic E-state index is 0.134. The highest BCUT2D eigenvalue weighted by Gasteiger charge is 1.93. The lowest BCUT2D eigenvalue weighted by Gasteiger charge is -1.97. The Morgan fingerprint density at radius 3 is 2.75 bits per heavy atom. The van der Waals surface area contributed by atoms with Gasteiger partial charge in [-0.25, -0.2) is 14.6 Å². The number of benzene rings is 1. The van der Waals surface area contributed by atoms with Crippen molar-refractivity contribution in [2.75, 3.05) is 0 Å². The van der Waals surface area contributed by atoms with Crippen molar-refractivity contribution in [2.45, 2.75) is 0 Å². The minimum atomic E-state index is -0.656. The van der Waals surface area contributed by atoms with Crippen LogP contribution in [0.1, 0.15) is 6.85 Å². The molecule has 0 fully saturated rings. The first-order valence-electron chi connectivity index (χ1n) is 5.64. The lowest BCUT2D eigenvalue weighted by atomic mass is 10.3.